The van der Waals surface area contributed by atoms with E-state index in [0.717, 1.165) is 64.2 Å². The van der Waals surface area contributed by atoms with Crippen LogP contribution in [-0.4, -0.2) is 73.5 Å². The van der Waals surface area contributed by atoms with Gasteiger partial charge in [0.05, 0.1) is 12.6 Å². The lowest BCUT2D eigenvalue weighted by molar-refractivity contribution is -0.126. The van der Waals surface area contributed by atoms with Crippen LogP contribution < -0.4 is 10.2 Å². The van der Waals surface area contributed by atoms with Crippen molar-refractivity contribution in [2.75, 3.05) is 50.7 Å². The lowest BCUT2D eigenvalue weighted by Crippen LogP contribution is -2.56. The monoisotopic (exact) mass is 372 g/mol. The molecule has 1 aromatic rings. The van der Waals surface area contributed by atoms with Crippen molar-refractivity contribution in [2.45, 2.75) is 39.2 Å². The number of anilines is 1. The second kappa shape index (κ2) is 9.33. The zero-order valence-electron chi connectivity index (χ0n) is 16.6. The second-order valence-electron chi connectivity index (χ2n) is 7.56. The average Bonchev–Trinajstić information content (AvgIpc) is 2.71. The van der Waals surface area contributed by atoms with E-state index < -0.39 is 0 Å². The SMILES string of the molecule is CCCNC(=O)CN1CCN(C(C)C(=O)N2CCCc3ccccc32)CC1. The van der Waals surface area contributed by atoms with Crippen LogP contribution in [0.15, 0.2) is 24.3 Å². The molecule has 2 aliphatic heterocycles. The molecule has 27 heavy (non-hydrogen) atoms. The third-order valence-corrected chi connectivity index (χ3v) is 5.63. The van der Waals surface area contributed by atoms with Crippen LogP contribution in [-0.2, 0) is 16.0 Å². The maximum atomic E-state index is 13.1. The highest BCUT2D eigenvalue weighted by Crippen LogP contribution is 2.27. The Morgan fingerprint density at radius 2 is 1.85 bits per heavy atom. The van der Waals surface area contributed by atoms with Gasteiger partial charge in [0, 0.05) is 45.0 Å². The second-order valence-corrected chi connectivity index (χ2v) is 7.56. The molecule has 1 fully saturated rings. The van der Waals surface area contributed by atoms with Crippen LogP contribution in [0, 0.1) is 0 Å². The number of hydrogen-bond donors (Lipinski definition) is 1. The molecule has 3 rings (SSSR count). The van der Waals surface area contributed by atoms with Crippen LogP contribution >= 0.6 is 0 Å². The van der Waals surface area contributed by atoms with Crippen LogP contribution in [0.3, 0.4) is 0 Å². The van der Waals surface area contributed by atoms with Gasteiger partial charge in [0.2, 0.25) is 11.8 Å². The zero-order valence-corrected chi connectivity index (χ0v) is 16.6. The van der Waals surface area contributed by atoms with E-state index in [1.165, 1.54) is 5.56 Å². The molecule has 1 saturated heterocycles. The molecule has 1 unspecified atom stereocenters. The lowest BCUT2D eigenvalue weighted by Gasteiger charge is -2.39. The molecule has 1 atom stereocenters. The van der Waals surface area contributed by atoms with Gasteiger partial charge in [-0.05, 0) is 37.8 Å². The van der Waals surface area contributed by atoms with Crippen molar-refractivity contribution >= 4 is 17.5 Å². The van der Waals surface area contributed by atoms with E-state index in [2.05, 4.69) is 34.2 Å². The van der Waals surface area contributed by atoms with Crippen molar-refractivity contribution < 1.29 is 9.59 Å². The third-order valence-electron chi connectivity index (χ3n) is 5.63. The Balaban J connectivity index is 1.53. The van der Waals surface area contributed by atoms with Crippen molar-refractivity contribution in [3.8, 4) is 0 Å². The van der Waals surface area contributed by atoms with Gasteiger partial charge in [-0.15, -0.1) is 0 Å². The molecule has 0 aromatic heterocycles. The van der Waals surface area contributed by atoms with Gasteiger partial charge < -0.3 is 10.2 Å². The predicted molar refractivity (Wildman–Crippen MR) is 108 cm³/mol. The fraction of sp³-hybridized carbons (Fsp3) is 0.619. The van der Waals surface area contributed by atoms with E-state index in [9.17, 15) is 9.59 Å². The van der Waals surface area contributed by atoms with Crippen LogP contribution in [0.25, 0.3) is 0 Å². The van der Waals surface area contributed by atoms with Crippen molar-refractivity contribution in [1.82, 2.24) is 15.1 Å². The van der Waals surface area contributed by atoms with Crippen molar-refractivity contribution in [3.63, 3.8) is 0 Å². The molecule has 0 aliphatic carbocycles. The Bertz CT molecular complexity index is 655. The van der Waals surface area contributed by atoms with Gasteiger partial charge in [-0.1, -0.05) is 25.1 Å². The summed E-state index contributed by atoms with van der Waals surface area (Å²) in [5.41, 5.74) is 2.35. The minimum atomic E-state index is -0.132. The number of piperazine rings is 1. The smallest absolute Gasteiger partial charge is 0.244 e. The van der Waals surface area contributed by atoms with Crippen LogP contribution in [0.1, 0.15) is 32.3 Å². The largest absolute Gasteiger partial charge is 0.355 e. The summed E-state index contributed by atoms with van der Waals surface area (Å²) in [6, 6.07) is 8.12. The normalized spacial score (nSPS) is 19.4. The predicted octanol–water partition coefficient (Wildman–Crippen LogP) is 1.50. The van der Waals surface area contributed by atoms with Crippen molar-refractivity contribution in [1.29, 1.82) is 0 Å². The third kappa shape index (κ3) is 4.87. The summed E-state index contributed by atoms with van der Waals surface area (Å²) in [5.74, 6) is 0.288. The number of carbonyl (C=O) groups is 2. The van der Waals surface area contributed by atoms with E-state index in [-0.39, 0.29) is 17.9 Å². The summed E-state index contributed by atoms with van der Waals surface area (Å²) >= 11 is 0. The summed E-state index contributed by atoms with van der Waals surface area (Å²) < 4.78 is 0. The first-order chi connectivity index (χ1) is 13.1. The summed E-state index contributed by atoms with van der Waals surface area (Å²) in [7, 11) is 0. The minimum absolute atomic E-state index is 0.0966. The lowest BCUT2D eigenvalue weighted by atomic mass is 10.0. The molecule has 0 spiro atoms. The molecule has 148 valence electrons. The molecule has 0 bridgehead atoms. The maximum Gasteiger partial charge on any atom is 0.244 e. The number of nitrogens with one attached hydrogen (secondary N) is 1. The Morgan fingerprint density at radius 3 is 2.59 bits per heavy atom. The van der Waals surface area contributed by atoms with E-state index in [0.29, 0.717) is 6.54 Å². The molecule has 6 heteroatoms. The van der Waals surface area contributed by atoms with Crippen LogP contribution in [0.4, 0.5) is 5.69 Å². The molecule has 2 heterocycles. The Kier molecular flexibility index (Phi) is 6.85. The van der Waals surface area contributed by atoms with Gasteiger partial charge >= 0.3 is 0 Å². The number of benzene rings is 1. The molecule has 0 radical (unpaired) electrons. The number of nitrogens with zero attached hydrogens (tertiary/aromatic N) is 3. The van der Waals surface area contributed by atoms with E-state index in [1.54, 1.807) is 0 Å². The summed E-state index contributed by atoms with van der Waals surface area (Å²) in [5, 5.41) is 2.93. The number of amides is 2. The first kappa shape index (κ1) is 19.8. The molecule has 0 saturated carbocycles. The molecular formula is C21H32N4O2. The van der Waals surface area contributed by atoms with Crippen molar-refractivity contribution in [2.24, 2.45) is 0 Å². The number of carbonyl (C=O) groups excluding carboxylic acids is 2. The van der Waals surface area contributed by atoms with Gasteiger partial charge in [-0.3, -0.25) is 19.4 Å². The number of para-hydroxylation sites is 1. The highest BCUT2D eigenvalue weighted by atomic mass is 16.2. The quantitative estimate of drug-likeness (QED) is 0.822. The van der Waals surface area contributed by atoms with Gasteiger partial charge in [0.15, 0.2) is 0 Å². The number of fused-ring (bicyclic) bond motifs is 1. The van der Waals surface area contributed by atoms with Gasteiger partial charge in [-0.25, -0.2) is 0 Å². The molecule has 2 aliphatic rings. The molecule has 2 amide bonds. The van der Waals surface area contributed by atoms with Gasteiger partial charge in [0.25, 0.3) is 0 Å². The molecule has 1 aromatic carbocycles. The first-order valence-electron chi connectivity index (χ1n) is 10.2. The minimum Gasteiger partial charge on any atom is -0.355 e. The fourth-order valence-corrected chi connectivity index (χ4v) is 3.98. The number of hydrogen-bond acceptors (Lipinski definition) is 4. The standard InChI is InChI=1S/C21H32N4O2/c1-3-10-22-20(26)16-23-12-14-24(15-13-23)17(2)21(27)25-11-6-8-18-7-4-5-9-19(18)25/h4-5,7,9,17H,3,6,8,10-16H2,1-2H3,(H,22,26). The Morgan fingerprint density at radius 1 is 1.11 bits per heavy atom. The Hall–Kier alpha value is -1.92. The van der Waals surface area contributed by atoms with Crippen LogP contribution in [0.5, 0.6) is 0 Å². The maximum absolute atomic E-state index is 13.1. The van der Waals surface area contributed by atoms with E-state index >= 15 is 0 Å². The van der Waals surface area contributed by atoms with Gasteiger partial charge in [-0.2, -0.15) is 0 Å². The molecule has 1 N–H and O–H groups in total. The van der Waals surface area contributed by atoms with Crippen molar-refractivity contribution in [3.05, 3.63) is 29.8 Å². The fourth-order valence-electron chi connectivity index (χ4n) is 3.98. The summed E-state index contributed by atoms with van der Waals surface area (Å²) in [6.07, 6.45) is 3.03. The van der Waals surface area contributed by atoms with E-state index in [4.69, 9.17) is 0 Å². The van der Waals surface area contributed by atoms with Crippen LogP contribution in [0.2, 0.25) is 0 Å². The Labute approximate surface area is 162 Å². The zero-order chi connectivity index (χ0) is 19.2. The first-order valence-corrected chi connectivity index (χ1v) is 10.2. The number of aryl methyl sites for hydroxylation is 1. The number of rotatable bonds is 6. The van der Waals surface area contributed by atoms with Gasteiger partial charge in [0.1, 0.15) is 0 Å². The molecular weight excluding hydrogens is 340 g/mol. The average molecular weight is 373 g/mol. The highest BCUT2D eigenvalue weighted by molar-refractivity contribution is 5.98. The van der Waals surface area contributed by atoms with E-state index in [1.807, 2.05) is 24.0 Å². The summed E-state index contributed by atoms with van der Waals surface area (Å²) in [4.78, 5) is 31.4. The topological polar surface area (TPSA) is 55.9 Å². The highest BCUT2D eigenvalue weighted by Gasteiger charge is 2.31. The molecule has 6 nitrogen and oxygen atoms in total. The summed E-state index contributed by atoms with van der Waals surface area (Å²) in [6.45, 7) is 9.37.